The maximum atomic E-state index is 12.7. The highest BCUT2D eigenvalue weighted by molar-refractivity contribution is 7.09. The molecule has 1 aliphatic rings. The smallest absolute Gasteiger partial charge is 0.228 e. The van der Waals surface area contributed by atoms with Gasteiger partial charge < -0.3 is 15.5 Å². The van der Waals surface area contributed by atoms with Crippen LogP contribution in [-0.2, 0) is 16.1 Å². The summed E-state index contributed by atoms with van der Waals surface area (Å²) in [4.78, 5) is 35.3. The number of nitrogens with one attached hydrogen (secondary N) is 2. The Labute approximate surface area is 156 Å². The van der Waals surface area contributed by atoms with Gasteiger partial charge in [-0.3, -0.25) is 14.6 Å². The monoisotopic (exact) mass is 373 g/mol. The summed E-state index contributed by atoms with van der Waals surface area (Å²) in [6, 6.07) is 3.69. The number of nitrogens with zero attached hydrogens (tertiary/aromatic N) is 3. The van der Waals surface area contributed by atoms with Gasteiger partial charge in [-0.1, -0.05) is 0 Å². The summed E-state index contributed by atoms with van der Waals surface area (Å²) in [6.07, 6.45) is 3.92. The van der Waals surface area contributed by atoms with E-state index in [9.17, 15) is 9.59 Å². The lowest BCUT2D eigenvalue weighted by molar-refractivity contribution is -0.136. The average Bonchev–Trinajstić information content (AvgIpc) is 3.16. The molecule has 138 valence electrons. The molecule has 7 nitrogen and oxygen atoms in total. The second-order valence-electron chi connectivity index (χ2n) is 6.59. The van der Waals surface area contributed by atoms with Crippen LogP contribution in [0.25, 0.3) is 0 Å². The van der Waals surface area contributed by atoms with Crippen molar-refractivity contribution in [1.82, 2.24) is 20.2 Å². The van der Waals surface area contributed by atoms with Crippen molar-refractivity contribution >= 4 is 28.8 Å². The number of hydrogen-bond donors (Lipinski definition) is 2. The number of carbonyl (C=O) groups excluding carboxylic acids is 2. The van der Waals surface area contributed by atoms with Crippen LogP contribution in [0.5, 0.6) is 0 Å². The highest BCUT2D eigenvalue weighted by Gasteiger charge is 2.32. The maximum absolute atomic E-state index is 12.7. The Kier molecular flexibility index (Phi) is 5.95. The molecule has 26 heavy (non-hydrogen) atoms. The molecule has 3 heterocycles. The normalized spacial score (nSPS) is 19.8. The van der Waals surface area contributed by atoms with E-state index >= 15 is 0 Å². The van der Waals surface area contributed by atoms with Gasteiger partial charge >= 0.3 is 0 Å². The number of anilines is 1. The number of aromatic nitrogens is 2. The molecule has 0 unspecified atom stereocenters. The topological polar surface area (TPSA) is 87.2 Å². The number of piperidine rings is 1. The molecule has 8 heteroatoms. The largest absolute Gasteiger partial charge is 0.339 e. The van der Waals surface area contributed by atoms with Gasteiger partial charge in [0, 0.05) is 37.4 Å². The Balaban J connectivity index is 1.56. The Morgan fingerprint density at radius 1 is 1.31 bits per heavy atom. The minimum absolute atomic E-state index is 0.0437. The van der Waals surface area contributed by atoms with Gasteiger partial charge in [0.1, 0.15) is 5.01 Å². The lowest BCUT2D eigenvalue weighted by Crippen LogP contribution is -2.47. The van der Waals surface area contributed by atoms with Crippen molar-refractivity contribution in [3.05, 3.63) is 40.6 Å². The van der Waals surface area contributed by atoms with Crippen molar-refractivity contribution in [2.75, 3.05) is 25.5 Å². The van der Waals surface area contributed by atoms with Crippen LogP contribution in [0, 0.1) is 18.8 Å². The van der Waals surface area contributed by atoms with Gasteiger partial charge in [-0.15, -0.1) is 11.3 Å². The third-order valence-corrected chi connectivity index (χ3v) is 5.25. The molecule has 0 spiro atoms. The number of thiazole rings is 1. The molecule has 0 radical (unpaired) electrons. The van der Waals surface area contributed by atoms with Crippen LogP contribution in [0.15, 0.2) is 29.9 Å². The Morgan fingerprint density at radius 3 is 2.81 bits per heavy atom. The summed E-state index contributed by atoms with van der Waals surface area (Å²) >= 11 is 1.53. The molecule has 0 aromatic carbocycles. The van der Waals surface area contributed by atoms with Crippen LogP contribution in [0.4, 0.5) is 5.69 Å². The second-order valence-corrected chi connectivity index (χ2v) is 7.56. The van der Waals surface area contributed by atoms with Gasteiger partial charge in [-0.2, -0.15) is 0 Å². The highest BCUT2D eigenvalue weighted by atomic mass is 32.1. The summed E-state index contributed by atoms with van der Waals surface area (Å²) in [5, 5.41) is 8.91. The van der Waals surface area contributed by atoms with Crippen molar-refractivity contribution in [3.63, 3.8) is 0 Å². The lowest BCUT2D eigenvalue weighted by Gasteiger charge is -2.31. The van der Waals surface area contributed by atoms with Crippen molar-refractivity contribution in [2.24, 2.45) is 11.8 Å². The molecule has 1 fully saturated rings. The maximum Gasteiger partial charge on any atom is 0.228 e. The molecule has 2 aromatic heterocycles. The Hall–Kier alpha value is -2.32. The fourth-order valence-electron chi connectivity index (χ4n) is 3.04. The van der Waals surface area contributed by atoms with Gasteiger partial charge in [0.2, 0.25) is 11.8 Å². The van der Waals surface area contributed by atoms with Crippen molar-refractivity contribution in [2.45, 2.75) is 19.9 Å². The summed E-state index contributed by atoms with van der Waals surface area (Å²) in [7, 11) is 1.78. The second kappa shape index (κ2) is 8.37. The number of carbonyl (C=O) groups is 2. The molecule has 0 bridgehead atoms. The number of aryl methyl sites for hydroxylation is 1. The molecule has 2 aromatic rings. The zero-order valence-corrected chi connectivity index (χ0v) is 15.8. The highest BCUT2D eigenvalue weighted by Crippen LogP contribution is 2.21. The Morgan fingerprint density at radius 2 is 2.12 bits per heavy atom. The first kappa shape index (κ1) is 18.5. The van der Waals surface area contributed by atoms with E-state index in [-0.39, 0.29) is 23.7 Å². The Bertz CT molecular complexity index is 747. The van der Waals surface area contributed by atoms with Gasteiger partial charge in [0.15, 0.2) is 0 Å². The summed E-state index contributed by atoms with van der Waals surface area (Å²) in [5.41, 5.74) is 1.58. The van der Waals surface area contributed by atoms with Crippen molar-refractivity contribution < 1.29 is 9.59 Å². The number of amides is 2. The predicted molar refractivity (Wildman–Crippen MR) is 101 cm³/mol. The quantitative estimate of drug-likeness (QED) is 0.832. The molecule has 0 aliphatic carbocycles. The van der Waals surface area contributed by atoms with E-state index in [1.54, 1.807) is 24.3 Å². The van der Waals surface area contributed by atoms with Crippen LogP contribution in [0.2, 0.25) is 0 Å². The molecule has 3 rings (SSSR count). The minimum atomic E-state index is -0.243. The van der Waals surface area contributed by atoms with Crippen LogP contribution in [0.3, 0.4) is 0 Å². The van der Waals surface area contributed by atoms with E-state index in [1.165, 1.54) is 11.3 Å². The zero-order chi connectivity index (χ0) is 18.5. The zero-order valence-electron chi connectivity index (χ0n) is 14.9. The lowest BCUT2D eigenvalue weighted by atomic mass is 9.89. The van der Waals surface area contributed by atoms with E-state index < -0.39 is 0 Å². The van der Waals surface area contributed by atoms with Gasteiger partial charge in [0.25, 0.3) is 0 Å². The first-order valence-corrected chi connectivity index (χ1v) is 9.48. The third-order valence-electron chi connectivity index (χ3n) is 4.48. The fourth-order valence-corrected chi connectivity index (χ4v) is 3.71. The number of hydrogen-bond acceptors (Lipinski definition) is 6. The van der Waals surface area contributed by atoms with Gasteiger partial charge in [-0.25, -0.2) is 4.98 Å². The van der Waals surface area contributed by atoms with E-state index in [0.717, 1.165) is 10.7 Å². The van der Waals surface area contributed by atoms with E-state index in [0.29, 0.717) is 31.7 Å². The van der Waals surface area contributed by atoms with Crippen molar-refractivity contribution in [3.8, 4) is 0 Å². The number of pyridine rings is 1. The van der Waals surface area contributed by atoms with E-state index in [4.69, 9.17) is 0 Å². The first-order valence-electron chi connectivity index (χ1n) is 8.60. The summed E-state index contributed by atoms with van der Waals surface area (Å²) in [5.74, 6) is -0.488. The predicted octanol–water partition coefficient (Wildman–Crippen LogP) is 1.67. The van der Waals surface area contributed by atoms with Gasteiger partial charge in [-0.05, 0) is 25.5 Å². The molecular weight excluding hydrogens is 350 g/mol. The minimum Gasteiger partial charge on any atom is -0.339 e. The van der Waals surface area contributed by atoms with E-state index in [2.05, 4.69) is 20.6 Å². The average molecular weight is 373 g/mol. The first-order chi connectivity index (χ1) is 12.5. The standard InChI is InChI=1S/C18H23N5O2S/c1-12-3-4-15(10-21-12)22-17(24)13-7-14(9-19-8-13)18(25)23(2)11-16-20-5-6-26-16/h3-6,10,13-14,19H,7-9,11H2,1-2H3,(H,22,24)/t13-,14+/m0/s1. The van der Waals surface area contributed by atoms with Gasteiger partial charge in [0.05, 0.1) is 30.3 Å². The molecule has 1 aliphatic heterocycles. The van der Waals surface area contributed by atoms with Crippen LogP contribution in [-0.4, -0.2) is 46.8 Å². The van der Waals surface area contributed by atoms with Crippen LogP contribution >= 0.6 is 11.3 Å². The van der Waals surface area contributed by atoms with Crippen LogP contribution < -0.4 is 10.6 Å². The van der Waals surface area contributed by atoms with Crippen molar-refractivity contribution in [1.29, 1.82) is 0 Å². The molecule has 2 N–H and O–H groups in total. The molecule has 2 atom stereocenters. The molecular formula is C18H23N5O2S. The third kappa shape index (κ3) is 4.64. The van der Waals surface area contributed by atoms with Crippen LogP contribution in [0.1, 0.15) is 17.1 Å². The summed E-state index contributed by atoms with van der Waals surface area (Å²) in [6.45, 7) is 3.57. The molecule has 1 saturated heterocycles. The number of rotatable bonds is 5. The molecule has 0 saturated carbocycles. The SMILES string of the molecule is Cc1ccc(NC(=O)[C@@H]2CNC[C@H](C(=O)N(C)Cc3nccs3)C2)cn1. The fraction of sp³-hybridized carbons (Fsp3) is 0.444. The summed E-state index contributed by atoms with van der Waals surface area (Å²) < 4.78 is 0. The molecule has 2 amide bonds. The van der Waals surface area contributed by atoms with E-state index in [1.807, 2.05) is 24.4 Å².